The Hall–Kier alpha value is -1.27. The Morgan fingerprint density at radius 3 is 2.71 bits per heavy atom. The van der Waals surface area contributed by atoms with Crippen LogP contribution in [0.5, 0.6) is 11.5 Å². The van der Waals surface area contributed by atoms with Crippen LogP contribution in [0.3, 0.4) is 0 Å². The molecule has 0 heterocycles. The van der Waals surface area contributed by atoms with E-state index in [-0.39, 0.29) is 23.7 Å². The zero-order valence-electron chi connectivity index (χ0n) is 9.44. The number of carbonyl (C=O) groups is 1. The molecular weight excluding hydrogens is 292 g/mol. The van der Waals surface area contributed by atoms with E-state index in [0.717, 1.165) is 0 Å². The number of aliphatic hydroxyl groups is 1. The van der Waals surface area contributed by atoms with Gasteiger partial charge in [0.1, 0.15) is 0 Å². The second-order valence-corrected chi connectivity index (χ2v) is 4.05. The number of carbonyl (C=O) groups excluding carboxylic acids is 1. The first-order chi connectivity index (χ1) is 8.01. The summed E-state index contributed by atoms with van der Waals surface area (Å²) in [5, 5.41) is 19.3. The first-order valence-electron chi connectivity index (χ1n) is 4.92. The van der Waals surface area contributed by atoms with Crippen LogP contribution >= 0.6 is 15.9 Å². The Balaban J connectivity index is 3.06. The van der Waals surface area contributed by atoms with Gasteiger partial charge in [-0.05, 0) is 19.1 Å². The van der Waals surface area contributed by atoms with Crippen molar-refractivity contribution in [2.24, 2.45) is 0 Å². The maximum atomic E-state index is 11.4. The third-order valence-electron chi connectivity index (χ3n) is 2.10. The Bertz CT molecular complexity index is 419. The van der Waals surface area contributed by atoms with Crippen LogP contribution in [0.2, 0.25) is 0 Å². The molecule has 17 heavy (non-hydrogen) atoms. The van der Waals surface area contributed by atoms with Gasteiger partial charge in [0.05, 0.1) is 13.7 Å². The molecule has 0 aliphatic carbocycles. The quantitative estimate of drug-likeness (QED) is 0.829. The summed E-state index contributed by atoms with van der Waals surface area (Å²) < 4.78 is 10.0. The van der Waals surface area contributed by atoms with Crippen LogP contribution in [-0.2, 0) is 9.53 Å². The van der Waals surface area contributed by atoms with Gasteiger partial charge in [0, 0.05) is 10.0 Å². The first-order valence-corrected chi connectivity index (χ1v) is 5.71. The van der Waals surface area contributed by atoms with Crippen molar-refractivity contribution in [2.75, 3.05) is 13.7 Å². The van der Waals surface area contributed by atoms with Gasteiger partial charge in [-0.1, -0.05) is 15.9 Å². The number of esters is 1. The topological polar surface area (TPSA) is 76.0 Å². The fourth-order valence-corrected chi connectivity index (χ4v) is 1.82. The van der Waals surface area contributed by atoms with Crippen molar-refractivity contribution in [1.82, 2.24) is 0 Å². The van der Waals surface area contributed by atoms with E-state index in [0.29, 0.717) is 4.47 Å². The number of phenolic OH excluding ortho intramolecular Hbond substituents is 1. The molecule has 1 unspecified atom stereocenters. The predicted octanol–water partition coefficient (Wildman–Crippen LogP) is 1.76. The number of hydrogen-bond acceptors (Lipinski definition) is 5. The van der Waals surface area contributed by atoms with E-state index in [1.165, 1.54) is 19.2 Å². The molecule has 0 spiro atoms. The molecule has 0 radical (unpaired) electrons. The molecule has 1 atom stereocenters. The highest BCUT2D eigenvalue weighted by atomic mass is 79.9. The summed E-state index contributed by atoms with van der Waals surface area (Å²) in [6, 6.07) is 2.72. The Labute approximate surface area is 107 Å². The molecule has 1 aromatic rings. The van der Waals surface area contributed by atoms with Gasteiger partial charge in [0.15, 0.2) is 17.6 Å². The number of methoxy groups -OCH3 is 1. The summed E-state index contributed by atoms with van der Waals surface area (Å²) in [4.78, 5) is 11.4. The zero-order chi connectivity index (χ0) is 13.0. The highest BCUT2D eigenvalue weighted by molar-refractivity contribution is 9.10. The lowest BCUT2D eigenvalue weighted by Gasteiger charge is -2.13. The fraction of sp³-hybridized carbons (Fsp3) is 0.364. The zero-order valence-corrected chi connectivity index (χ0v) is 11.0. The van der Waals surface area contributed by atoms with Crippen molar-refractivity contribution in [3.8, 4) is 11.5 Å². The number of ether oxygens (including phenoxy) is 2. The van der Waals surface area contributed by atoms with E-state index in [2.05, 4.69) is 20.7 Å². The van der Waals surface area contributed by atoms with Crippen LogP contribution in [-0.4, -0.2) is 29.9 Å². The number of phenols is 1. The van der Waals surface area contributed by atoms with Gasteiger partial charge in [0.25, 0.3) is 0 Å². The predicted molar refractivity (Wildman–Crippen MR) is 64.0 cm³/mol. The third-order valence-corrected chi connectivity index (χ3v) is 2.79. The molecule has 94 valence electrons. The molecule has 0 amide bonds. The fourth-order valence-electron chi connectivity index (χ4n) is 1.28. The van der Waals surface area contributed by atoms with Crippen molar-refractivity contribution in [2.45, 2.75) is 13.0 Å². The molecule has 0 aromatic heterocycles. The van der Waals surface area contributed by atoms with Crippen molar-refractivity contribution in [3.05, 3.63) is 22.2 Å². The molecule has 0 saturated carbocycles. The minimum Gasteiger partial charge on any atom is -0.504 e. The average molecular weight is 305 g/mol. The number of hydrogen-bond donors (Lipinski definition) is 2. The van der Waals surface area contributed by atoms with Crippen LogP contribution in [0.4, 0.5) is 0 Å². The van der Waals surface area contributed by atoms with E-state index in [1.54, 1.807) is 6.92 Å². The standard InChI is InChI=1S/C11H13BrO5/c1-3-17-11(15)10(14)6-4-8(13)9(16-2)5-7(6)12/h4-5,10,13-14H,3H2,1-2H3. The lowest BCUT2D eigenvalue weighted by Crippen LogP contribution is -2.15. The molecule has 1 aromatic carbocycles. The summed E-state index contributed by atoms with van der Waals surface area (Å²) in [5.74, 6) is -0.677. The van der Waals surface area contributed by atoms with E-state index in [4.69, 9.17) is 4.74 Å². The van der Waals surface area contributed by atoms with Gasteiger partial charge in [-0.25, -0.2) is 4.79 Å². The molecule has 2 N–H and O–H groups in total. The summed E-state index contributed by atoms with van der Waals surface area (Å²) in [7, 11) is 1.41. The Morgan fingerprint density at radius 1 is 1.53 bits per heavy atom. The monoisotopic (exact) mass is 304 g/mol. The molecule has 1 rings (SSSR count). The molecule has 5 nitrogen and oxygen atoms in total. The number of benzene rings is 1. The van der Waals surface area contributed by atoms with Gasteiger partial charge >= 0.3 is 5.97 Å². The Morgan fingerprint density at radius 2 is 2.18 bits per heavy atom. The third kappa shape index (κ3) is 3.10. The summed E-state index contributed by atoms with van der Waals surface area (Å²) in [6.07, 6.45) is -1.44. The van der Waals surface area contributed by atoms with Crippen LogP contribution in [0.15, 0.2) is 16.6 Å². The van der Waals surface area contributed by atoms with Gasteiger partial charge in [-0.2, -0.15) is 0 Å². The smallest absolute Gasteiger partial charge is 0.339 e. The van der Waals surface area contributed by atoms with Gasteiger partial charge in [0.2, 0.25) is 0 Å². The highest BCUT2D eigenvalue weighted by Crippen LogP contribution is 2.35. The molecule has 6 heteroatoms. The average Bonchev–Trinajstić information content (AvgIpc) is 2.31. The van der Waals surface area contributed by atoms with Crippen LogP contribution in [0.1, 0.15) is 18.6 Å². The van der Waals surface area contributed by atoms with Gasteiger partial charge in [-0.3, -0.25) is 0 Å². The maximum absolute atomic E-state index is 11.4. The lowest BCUT2D eigenvalue weighted by molar-refractivity contribution is -0.153. The lowest BCUT2D eigenvalue weighted by atomic mass is 10.1. The molecule has 0 bridgehead atoms. The minimum atomic E-state index is -1.44. The van der Waals surface area contributed by atoms with Crippen molar-refractivity contribution >= 4 is 21.9 Å². The van der Waals surface area contributed by atoms with E-state index in [1.807, 2.05) is 0 Å². The van der Waals surface area contributed by atoms with Crippen LogP contribution in [0.25, 0.3) is 0 Å². The number of aromatic hydroxyl groups is 1. The van der Waals surface area contributed by atoms with E-state index >= 15 is 0 Å². The second-order valence-electron chi connectivity index (χ2n) is 3.20. The first kappa shape index (κ1) is 13.8. The highest BCUT2D eigenvalue weighted by Gasteiger charge is 2.22. The summed E-state index contributed by atoms with van der Waals surface area (Å²) in [6.45, 7) is 1.82. The minimum absolute atomic E-state index is 0.158. The SMILES string of the molecule is CCOC(=O)C(O)c1cc(O)c(OC)cc1Br. The molecule has 0 aliphatic heterocycles. The largest absolute Gasteiger partial charge is 0.504 e. The van der Waals surface area contributed by atoms with Crippen molar-refractivity contribution in [1.29, 1.82) is 0 Å². The summed E-state index contributed by atoms with van der Waals surface area (Å²) >= 11 is 3.18. The van der Waals surface area contributed by atoms with Crippen molar-refractivity contribution < 1.29 is 24.5 Å². The summed E-state index contributed by atoms with van der Waals surface area (Å²) in [5.41, 5.74) is 0.224. The number of halogens is 1. The molecule has 0 fully saturated rings. The molecule has 0 aliphatic rings. The van der Waals surface area contributed by atoms with E-state index < -0.39 is 12.1 Å². The number of rotatable bonds is 4. The van der Waals surface area contributed by atoms with Crippen LogP contribution in [0, 0.1) is 0 Å². The van der Waals surface area contributed by atoms with Gasteiger partial charge < -0.3 is 19.7 Å². The molecule has 0 saturated heterocycles. The molecular formula is C11H13BrO5. The number of aliphatic hydroxyl groups excluding tert-OH is 1. The van der Waals surface area contributed by atoms with Gasteiger partial charge in [-0.15, -0.1) is 0 Å². The Kier molecular flexibility index (Phi) is 4.77. The van der Waals surface area contributed by atoms with Crippen molar-refractivity contribution in [3.63, 3.8) is 0 Å². The van der Waals surface area contributed by atoms with Crippen LogP contribution < -0.4 is 4.74 Å². The second kappa shape index (κ2) is 5.88. The maximum Gasteiger partial charge on any atom is 0.339 e. The van der Waals surface area contributed by atoms with E-state index in [9.17, 15) is 15.0 Å². The normalized spacial score (nSPS) is 12.0.